The third-order valence-corrected chi connectivity index (χ3v) is 4.24. The SMILES string of the molecule is CC1c2ccsc2CCN1C(=O)NC(=O)COCC(=O)O. The average molecular weight is 312 g/mol. The van der Waals surface area contributed by atoms with E-state index in [9.17, 15) is 14.4 Å². The minimum Gasteiger partial charge on any atom is -0.480 e. The minimum absolute atomic E-state index is 0.0901. The molecule has 1 aromatic rings. The van der Waals surface area contributed by atoms with Gasteiger partial charge in [0.2, 0.25) is 0 Å². The van der Waals surface area contributed by atoms with Gasteiger partial charge in [-0.3, -0.25) is 10.1 Å². The Morgan fingerprint density at radius 2 is 2.24 bits per heavy atom. The zero-order chi connectivity index (χ0) is 15.4. The molecule has 0 saturated carbocycles. The number of urea groups is 1. The van der Waals surface area contributed by atoms with Crippen LogP contribution < -0.4 is 5.32 Å². The number of carbonyl (C=O) groups is 3. The van der Waals surface area contributed by atoms with Crippen molar-refractivity contribution in [2.24, 2.45) is 0 Å². The lowest BCUT2D eigenvalue weighted by Crippen LogP contribution is -2.47. The third kappa shape index (κ3) is 3.79. The van der Waals surface area contributed by atoms with Gasteiger partial charge in [0.05, 0.1) is 6.04 Å². The molecule has 7 nitrogen and oxygen atoms in total. The van der Waals surface area contributed by atoms with E-state index >= 15 is 0 Å². The summed E-state index contributed by atoms with van der Waals surface area (Å²) in [6, 6.07) is 1.41. The van der Waals surface area contributed by atoms with Crippen molar-refractivity contribution >= 4 is 29.2 Å². The number of nitrogens with one attached hydrogen (secondary N) is 1. The molecule has 0 radical (unpaired) electrons. The molecular formula is C13H16N2O5S. The molecule has 1 aliphatic rings. The second-order valence-electron chi connectivity index (χ2n) is 4.66. The first-order chi connectivity index (χ1) is 9.99. The van der Waals surface area contributed by atoms with Gasteiger partial charge < -0.3 is 14.7 Å². The molecule has 1 aliphatic heterocycles. The third-order valence-electron chi connectivity index (χ3n) is 3.24. The summed E-state index contributed by atoms with van der Waals surface area (Å²) in [6.07, 6.45) is 0.772. The van der Waals surface area contributed by atoms with Crippen LogP contribution in [0.2, 0.25) is 0 Å². The van der Waals surface area contributed by atoms with Gasteiger partial charge in [-0.25, -0.2) is 9.59 Å². The van der Waals surface area contributed by atoms with Gasteiger partial charge in [0.15, 0.2) is 0 Å². The number of thiophene rings is 1. The smallest absolute Gasteiger partial charge is 0.329 e. The highest BCUT2D eigenvalue weighted by Gasteiger charge is 2.29. The molecule has 0 saturated heterocycles. The molecule has 3 amide bonds. The maximum absolute atomic E-state index is 12.1. The second kappa shape index (κ2) is 6.68. The fourth-order valence-electron chi connectivity index (χ4n) is 2.25. The molecule has 114 valence electrons. The van der Waals surface area contributed by atoms with Gasteiger partial charge in [-0.1, -0.05) is 0 Å². The predicted octanol–water partition coefficient (Wildman–Crippen LogP) is 1.00. The minimum atomic E-state index is -1.16. The lowest BCUT2D eigenvalue weighted by Gasteiger charge is -2.33. The molecule has 2 N–H and O–H groups in total. The van der Waals surface area contributed by atoms with Gasteiger partial charge >= 0.3 is 12.0 Å². The molecule has 1 atom stereocenters. The summed E-state index contributed by atoms with van der Waals surface area (Å²) in [6.45, 7) is 1.43. The molecule has 0 spiro atoms. The highest BCUT2D eigenvalue weighted by atomic mass is 32.1. The molecule has 0 aliphatic carbocycles. The number of aliphatic carboxylic acids is 1. The van der Waals surface area contributed by atoms with Gasteiger partial charge in [-0.05, 0) is 30.4 Å². The standard InChI is InChI=1S/C13H16N2O5S/c1-8-9-3-5-21-10(9)2-4-15(8)13(19)14-11(16)6-20-7-12(17)18/h3,5,8H,2,4,6-7H2,1H3,(H,17,18)(H,14,16,19). The van der Waals surface area contributed by atoms with Crippen LogP contribution in [0.4, 0.5) is 4.79 Å². The Morgan fingerprint density at radius 3 is 2.95 bits per heavy atom. The molecule has 0 fully saturated rings. The van der Waals surface area contributed by atoms with E-state index in [4.69, 9.17) is 5.11 Å². The van der Waals surface area contributed by atoms with E-state index in [2.05, 4.69) is 10.1 Å². The average Bonchev–Trinajstić information content (AvgIpc) is 2.87. The summed E-state index contributed by atoms with van der Waals surface area (Å²) >= 11 is 1.67. The summed E-state index contributed by atoms with van der Waals surface area (Å²) < 4.78 is 4.64. The van der Waals surface area contributed by atoms with Gasteiger partial charge in [-0.2, -0.15) is 0 Å². The lowest BCUT2D eigenvalue weighted by atomic mass is 10.0. The molecular weight excluding hydrogens is 296 g/mol. The molecule has 1 unspecified atom stereocenters. The summed E-state index contributed by atoms with van der Waals surface area (Å²) in [4.78, 5) is 36.7. The van der Waals surface area contributed by atoms with E-state index in [1.54, 1.807) is 16.2 Å². The Kier molecular flexibility index (Phi) is 4.92. The van der Waals surface area contributed by atoms with Crippen LogP contribution in [-0.2, 0) is 20.7 Å². The van der Waals surface area contributed by atoms with Crippen LogP contribution in [0.25, 0.3) is 0 Å². The molecule has 1 aromatic heterocycles. The summed E-state index contributed by atoms with van der Waals surface area (Å²) in [5, 5.41) is 12.6. The molecule has 8 heteroatoms. The number of carboxylic acid groups (broad SMARTS) is 1. The van der Waals surface area contributed by atoms with Crippen molar-refractivity contribution < 1.29 is 24.2 Å². The first kappa shape index (κ1) is 15.5. The Balaban J connectivity index is 1.86. The van der Waals surface area contributed by atoms with Crippen molar-refractivity contribution in [3.63, 3.8) is 0 Å². The quantitative estimate of drug-likeness (QED) is 0.865. The maximum Gasteiger partial charge on any atom is 0.329 e. The molecule has 21 heavy (non-hydrogen) atoms. The Morgan fingerprint density at radius 1 is 1.48 bits per heavy atom. The van der Waals surface area contributed by atoms with Crippen molar-refractivity contribution in [2.45, 2.75) is 19.4 Å². The van der Waals surface area contributed by atoms with Crippen molar-refractivity contribution in [1.82, 2.24) is 10.2 Å². The maximum atomic E-state index is 12.1. The highest BCUT2D eigenvalue weighted by molar-refractivity contribution is 7.10. The highest BCUT2D eigenvalue weighted by Crippen LogP contribution is 2.32. The van der Waals surface area contributed by atoms with Crippen LogP contribution in [-0.4, -0.2) is 47.7 Å². The number of amides is 3. The van der Waals surface area contributed by atoms with Crippen molar-refractivity contribution in [3.05, 3.63) is 21.9 Å². The zero-order valence-electron chi connectivity index (χ0n) is 11.5. The van der Waals surface area contributed by atoms with Crippen LogP contribution in [0.1, 0.15) is 23.4 Å². The van der Waals surface area contributed by atoms with Crippen molar-refractivity contribution in [2.75, 3.05) is 19.8 Å². The molecule has 2 rings (SSSR count). The number of nitrogens with zero attached hydrogens (tertiary/aromatic N) is 1. The van der Waals surface area contributed by atoms with E-state index in [0.29, 0.717) is 6.54 Å². The first-order valence-electron chi connectivity index (χ1n) is 6.45. The van der Waals surface area contributed by atoms with Gasteiger partial charge in [0.1, 0.15) is 13.2 Å². The number of fused-ring (bicyclic) bond motifs is 1. The van der Waals surface area contributed by atoms with E-state index in [1.807, 2.05) is 18.4 Å². The van der Waals surface area contributed by atoms with Crippen molar-refractivity contribution in [1.29, 1.82) is 0 Å². The zero-order valence-corrected chi connectivity index (χ0v) is 12.3. The van der Waals surface area contributed by atoms with Crippen LogP contribution in [0.3, 0.4) is 0 Å². The van der Waals surface area contributed by atoms with E-state index in [-0.39, 0.29) is 6.04 Å². The number of carboxylic acids is 1. The number of ether oxygens (including phenoxy) is 1. The van der Waals surface area contributed by atoms with Crippen LogP contribution >= 0.6 is 11.3 Å². The Labute approximate surface area is 125 Å². The number of carbonyl (C=O) groups excluding carboxylic acids is 2. The molecule has 0 aromatic carbocycles. The normalized spacial score (nSPS) is 17.2. The summed E-state index contributed by atoms with van der Waals surface area (Å²) in [7, 11) is 0. The van der Waals surface area contributed by atoms with E-state index in [0.717, 1.165) is 12.0 Å². The van der Waals surface area contributed by atoms with Crippen LogP contribution in [0.15, 0.2) is 11.4 Å². The number of hydrogen-bond acceptors (Lipinski definition) is 5. The Bertz CT molecular complexity index is 557. The topological polar surface area (TPSA) is 95.9 Å². The predicted molar refractivity (Wildman–Crippen MR) is 75.1 cm³/mol. The lowest BCUT2D eigenvalue weighted by molar-refractivity contribution is -0.143. The molecule has 2 heterocycles. The Hall–Kier alpha value is -1.93. The van der Waals surface area contributed by atoms with E-state index in [1.165, 1.54) is 4.88 Å². The number of imide groups is 1. The monoisotopic (exact) mass is 312 g/mol. The van der Waals surface area contributed by atoms with Crippen molar-refractivity contribution in [3.8, 4) is 0 Å². The number of hydrogen-bond donors (Lipinski definition) is 2. The fraction of sp³-hybridized carbons (Fsp3) is 0.462. The first-order valence-corrected chi connectivity index (χ1v) is 7.33. The second-order valence-corrected chi connectivity index (χ2v) is 5.66. The van der Waals surface area contributed by atoms with Crippen LogP contribution in [0, 0.1) is 0 Å². The van der Waals surface area contributed by atoms with Gasteiger partial charge in [0, 0.05) is 11.4 Å². The van der Waals surface area contributed by atoms with Crippen LogP contribution in [0.5, 0.6) is 0 Å². The number of rotatable bonds is 4. The summed E-state index contributed by atoms with van der Waals surface area (Å²) in [5.41, 5.74) is 1.11. The fourth-order valence-corrected chi connectivity index (χ4v) is 3.21. The molecule has 0 bridgehead atoms. The van der Waals surface area contributed by atoms with Gasteiger partial charge in [-0.15, -0.1) is 11.3 Å². The van der Waals surface area contributed by atoms with E-state index < -0.39 is 31.1 Å². The largest absolute Gasteiger partial charge is 0.480 e. The van der Waals surface area contributed by atoms with Gasteiger partial charge in [0.25, 0.3) is 5.91 Å². The summed E-state index contributed by atoms with van der Waals surface area (Å²) in [5.74, 6) is -1.81.